The molecule has 0 radical (unpaired) electrons. The molecule has 24 heavy (non-hydrogen) atoms. The Hall–Kier alpha value is -3.28. The van der Waals surface area contributed by atoms with Crippen molar-refractivity contribution in [2.45, 2.75) is 0 Å². The summed E-state index contributed by atoms with van der Waals surface area (Å²) in [6.07, 6.45) is 3.13. The summed E-state index contributed by atoms with van der Waals surface area (Å²) in [6, 6.07) is 13.0. The van der Waals surface area contributed by atoms with Crippen LogP contribution in [-0.2, 0) is 4.79 Å². The third-order valence-electron chi connectivity index (χ3n) is 3.47. The van der Waals surface area contributed by atoms with Crippen molar-refractivity contribution in [3.8, 4) is 11.5 Å². The predicted molar refractivity (Wildman–Crippen MR) is 93.3 cm³/mol. The highest BCUT2D eigenvalue weighted by atomic mass is 16.5. The van der Waals surface area contributed by atoms with Crippen LogP contribution in [0.25, 0.3) is 17.1 Å². The number of nitrogens with zero attached hydrogens (tertiary/aromatic N) is 1. The number of hydrogen-bond donors (Lipinski definition) is 2. The van der Waals surface area contributed by atoms with Gasteiger partial charge in [0.05, 0.1) is 25.3 Å². The summed E-state index contributed by atoms with van der Waals surface area (Å²) in [5.74, 6) is 1.39. The first-order valence-electron chi connectivity index (χ1n) is 7.35. The second-order valence-corrected chi connectivity index (χ2v) is 5.04. The van der Waals surface area contributed by atoms with Crippen molar-refractivity contribution in [2.75, 3.05) is 19.5 Å². The topological polar surface area (TPSA) is 76.2 Å². The minimum absolute atomic E-state index is 0.274. The smallest absolute Gasteiger partial charge is 0.250 e. The van der Waals surface area contributed by atoms with Crippen LogP contribution in [0.5, 0.6) is 11.5 Å². The van der Waals surface area contributed by atoms with E-state index in [-0.39, 0.29) is 5.91 Å². The molecule has 3 rings (SSSR count). The van der Waals surface area contributed by atoms with E-state index in [9.17, 15) is 4.79 Å². The molecule has 0 saturated heterocycles. The molecule has 0 aliphatic heterocycles. The highest BCUT2D eigenvalue weighted by molar-refractivity contribution is 6.01. The molecule has 1 amide bonds. The molecule has 0 fully saturated rings. The van der Waals surface area contributed by atoms with Gasteiger partial charge in [-0.05, 0) is 35.9 Å². The largest absolute Gasteiger partial charge is 0.493 e. The van der Waals surface area contributed by atoms with Crippen LogP contribution in [0.2, 0.25) is 0 Å². The van der Waals surface area contributed by atoms with Crippen molar-refractivity contribution in [1.29, 1.82) is 0 Å². The molecular weight excluding hydrogens is 306 g/mol. The number of benzene rings is 2. The highest BCUT2D eigenvalue weighted by Gasteiger charge is 2.05. The summed E-state index contributed by atoms with van der Waals surface area (Å²) in [7, 11) is 3.15. The zero-order valence-electron chi connectivity index (χ0n) is 13.4. The summed E-state index contributed by atoms with van der Waals surface area (Å²) in [4.78, 5) is 19.4. The number of carbonyl (C=O) groups is 1. The second kappa shape index (κ2) is 6.87. The first kappa shape index (κ1) is 15.6. The zero-order chi connectivity index (χ0) is 16.9. The number of methoxy groups -OCH3 is 2. The monoisotopic (exact) mass is 323 g/mol. The van der Waals surface area contributed by atoms with E-state index in [4.69, 9.17) is 9.47 Å². The van der Waals surface area contributed by atoms with Gasteiger partial charge in [0.1, 0.15) is 0 Å². The first-order chi connectivity index (χ1) is 11.7. The van der Waals surface area contributed by atoms with Gasteiger partial charge in [-0.1, -0.05) is 18.2 Å². The Labute approximate surface area is 139 Å². The average Bonchev–Trinajstić information content (AvgIpc) is 3.01. The van der Waals surface area contributed by atoms with Crippen molar-refractivity contribution in [3.63, 3.8) is 0 Å². The van der Waals surface area contributed by atoms with Gasteiger partial charge in [0.25, 0.3) is 5.91 Å². The molecule has 0 aliphatic carbocycles. The molecule has 0 saturated carbocycles. The maximum Gasteiger partial charge on any atom is 0.250 e. The fourth-order valence-corrected chi connectivity index (χ4v) is 2.30. The van der Waals surface area contributed by atoms with Crippen LogP contribution in [0.4, 0.5) is 5.95 Å². The molecule has 0 unspecified atom stereocenters. The van der Waals surface area contributed by atoms with Gasteiger partial charge in [-0.25, -0.2) is 4.98 Å². The van der Waals surface area contributed by atoms with Crippen LogP contribution in [-0.4, -0.2) is 30.1 Å². The Balaban J connectivity index is 1.71. The van der Waals surface area contributed by atoms with E-state index in [0.717, 1.165) is 16.6 Å². The van der Waals surface area contributed by atoms with Gasteiger partial charge in [-0.2, -0.15) is 0 Å². The number of carbonyl (C=O) groups excluding carboxylic acids is 1. The minimum atomic E-state index is -0.274. The summed E-state index contributed by atoms with van der Waals surface area (Å²) in [5, 5.41) is 2.70. The number of hydrogen-bond acceptors (Lipinski definition) is 4. The van der Waals surface area contributed by atoms with Crippen molar-refractivity contribution in [3.05, 3.63) is 54.1 Å². The molecule has 3 aromatic rings. The van der Waals surface area contributed by atoms with Crippen LogP contribution in [0.1, 0.15) is 5.56 Å². The zero-order valence-corrected chi connectivity index (χ0v) is 13.4. The van der Waals surface area contributed by atoms with E-state index in [2.05, 4.69) is 15.3 Å². The third kappa shape index (κ3) is 3.38. The summed E-state index contributed by atoms with van der Waals surface area (Å²) in [5.41, 5.74) is 2.50. The van der Waals surface area contributed by atoms with Gasteiger partial charge >= 0.3 is 0 Å². The van der Waals surface area contributed by atoms with E-state index in [1.807, 2.05) is 30.3 Å². The maximum atomic E-state index is 12.0. The minimum Gasteiger partial charge on any atom is -0.493 e. The Kier molecular flexibility index (Phi) is 4.47. The quantitative estimate of drug-likeness (QED) is 0.707. The molecule has 6 heteroatoms. The van der Waals surface area contributed by atoms with E-state index in [1.54, 1.807) is 32.4 Å². The third-order valence-corrected chi connectivity index (χ3v) is 3.47. The Morgan fingerprint density at radius 2 is 1.92 bits per heavy atom. The molecule has 2 aromatic carbocycles. The van der Waals surface area contributed by atoms with Gasteiger partial charge in [0.2, 0.25) is 5.95 Å². The molecule has 122 valence electrons. The lowest BCUT2D eigenvalue weighted by Gasteiger charge is -2.07. The number of aromatic nitrogens is 2. The summed E-state index contributed by atoms with van der Waals surface area (Å²) >= 11 is 0. The average molecular weight is 323 g/mol. The molecule has 1 aromatic heterocycles. The van der Waals surface area contributed by atoms with Crippen molar-refractivity contribution in [1.82, 2.24) is 9.97 Å². The van der Waals surface area contributed by atoms with Crippen LogP contribution < -0.4 is 14.8 Å². The van der Waals surface area contributed by atoms with Gasteiger partial charge in [0, 0.05) is 6.08 Å². The standard InChI is InChI=1S/C18H17N3O3/c1-23-15-9-7-12(11-16(15)24-2)8-10-17(22)21-18-19-13-5-3-4-6-14(13)20-18/h3-11H,1-2H3,(H2,19,20,21,22). The normalized spacial score (nSPS) is 10.9. The number of ether oxygens (including phenoxy) is 2. The van der Waals surface area contributed by atoms with Gasteiger partial charge in [-0.15, -0.1) is 0 Å². The predicted octanol–water partition coefficient (Wildman–Crippen LogP) is 3.23. The second-order valence-electron chi connectivity index (χ2n) is 5.04. The molecule has 0 bridgehead atoms. The van der Waals surface area contributed by atoms with E-state index in [0.29, 0.717) is 17.4 Å². The first-order valence-corrected chi connectivity index (χ1v) is 7.35. The Morgan fingerprint density at radius 3 is 2.67 bits per heavy atom. The van der Waals surface area contributed by atoms with Crippen molar-refractivity contribution < 1.29 is 14.3 Å². The fourth-order valence-electron chi connectivity index (χ4n) is 2.30. The number of anilines is 1. The summed E-state index contributed by atoms with van der Waals surface area (Å²) in [6.45, 7) is 0. The number of aromatic amines is 1. The van der Waals surface area contributed by atoms with Crippen LogP contribution in [0.15, 0.2) is 48.5 Å². The fraction of sp³-hybridized carbons (Fsp3) is 0.111. The van der Waals surface area contributed by atoms with E-state index >= 15 is 0 Å². The molecule has 0 spiro atoms. The number of imidazole rings is 1. The van der Waals surface area contributed by atoms with Crippen LogP contribution in [0.3, 0.4) is 0 Å². The molecule has 0 aliphatic rings. The number of para-hydroxylation sites is 2. The number of H-pyrrole nitrogens is 1. The number of amides is 1. The maximum absolute atomic E-state index is 12.0. The van der Waals surface area contributed by atoms with E-state index < -0.39 is 0 Å². The lowest BCUT2D eigenvalue weighted by Crippen LogP contribution is -2.08. The Morgan fingerprint density at radius 1 is 1.12 bits per heavy atom. The SMILES string of the molecule is COc1ccc(C=CC(=O)Nc2nc3ccccc3[nH]2)cc1OC. The molecule has 1 heterocycles. The van der Waals surface area contributed by atoms with Crippen LogP contribution in [0, 0.1) is 0 Å². The molecule has 6 nitrogen and oxygen atoms in total. The molecule has 0 atom stereocenters. The number of rotatable bonds is 5. The highest BCUT2D eigenvalue weighted by Crippen LogP contribution is 2.27. The number of nitrogens with one attached hydrogen (secondary N) is 2. The van der Waals surface area contributed by atoms with Gasteiger partial charge in [0.15, 0.2) is 11.5 Å². The van der Waals surface area contributed by atoms with E-state index in [1.165, 1.54) is 6.08 Å². The molecule has 2 N–H and O–H groups in total. The number of fused-ring (bicyclic) bond motifs is 1. The van der Waals surface area contributed by atoms with Crippen molar-refractivity contribution in [2.24, 2.45) is 0 Å². The molecular formula is C18H17N3O3. The van der Waals surface area contributed by atoms with Gasteiger partial charge in [-0.3, -0.25) is 10.1 Å². The van der Waals surface area contributed by atoms with Crippen LogP contribution >= 0.6 is 0 Å². The summed E-state index contributed by atoms with van der Waals surface area (Å²) < 4.78 is 10.4. The van der Waals surface area contributed by atoms with Crippen molar-refractivity contribution >= 4 is 29.0 Å². The lowest BCUT2D eigenvalue weighted by atomic mass is 10.2. The lowest BCUT2D eigenvalue weighted by molar-refractivity contribution is -0.111. The van der Waals surface area contributed by atoms with Gasteiger partial charge < -0.3 is 14.5 Å². The Bertz CT molecular complexity index is 866.